The zero-order valence-electron chi connectivity index (χ0n) is 14.3. The number of nitrogens with zero attached hydrogens (tertiary/aromatic N) is 2. The van der Waals surface area contributed by atoms with Crippen LogP contribution in [0, 0.1) is 6.92 Å². The van der Waals surface area contributed by atoms with Gasteiger partial charge in [-0.1, -0.05) is 24.3 Å². The van der Waals surface area contributed by atoms with Crippen LogP contribution in [-0.2, 0) is 6.54 Å². The number of rotatable bonds is 6. The van der Waals surface area contributed by atoms with E-state index in [0.717, 1.165) is 32.5 Å². The second-order valence-corrected chi connectivity index (χ2v) is 6.23. The first kappa shape index (κ1) is 17.8. The third-order valence-electron chi connectivity index (χ3n) is 4.61. The Morgan fingerprint density at radius 3 is 2.65 bits per heavy atom. The van der Waals surface area contributed by atoms with Gasteiger partial charge >= 0.3 is 6.03 Å². The van der Waals surface area contributed by atoms with Crippen LogP contribution in [0.4, 0.5) is 4.79 Å². The number of hydrogen-bond acceptors (Lipinski definition) is 3. The molecule has 128 valence electrons. The van der Waals surface area contributed by atoms with E-state index in [0.29, 0.717) is 13.1 Å². The van der Waals surface area contributed by atoms with Crippen LogP contribution in [0.15, 0.2) is 24.3 Å². The first-order valence-electron chi connectivity index (χ1n) is 8.57. The Labute approximate surface area is 139 Å². The van der Waals surface area contributed by atoms with Gasteiger partial charge in [0.15, 0.2) is 0 Å². The molecule has 0 spiro atoms. The first-order valence-corrected chi connectivity index (χ1v) is 8.57. The monoisotopic (exact) mass is 319 g/mol. The average Bonchev–Trinajstić information content (AvgIpc) is 2.56. The summed E-state index contributed by atoms with van der Waals surface area (Å²) in [4.78, 5) is 16.2. The van der Waals surface area contributed by atoms with Crippen LogP contribution in [0.1, 0.15) is 30.9 Å². The lowest BCUT2D eigenvalue weighted by Crippen LogP contribution is -2.49. The quantitative estimate of drug-likeness (QED) is 0.843. The zero-order chi connectivity index (χ0) is 16.7. The van der Waals surface area contributed by atoms with Crippen LogP contribution < -0.4 is 5.32 Å². The molecule has 1 heterocycles. The maximum atomic E-state index is 12.1. The van der Waals surface area contributed by atoms with Crippen molar-refractivity contribution >= 4 is 6.03 Å². The lowest BCUT2D eigenvalue weighted by Gasteiger charge is -2.33. The van der Waals surface area contributed by atoms with Crippen molar-refractivity contribution < 1.29 is 9.90 Å². The molecule has 1 aliphatic rings. The molecule has 5 heteroatoms. The molecule has 0 aliphatic carbocycles. The minimum atomic E-state index is -0.0566. The van der Waals surface area contributed by atoms with Crippen molar-refractivity contribution in [2.75, 3.05) is 32.8 Å². The van der Waals surface area contributed by atoms with Crippen molar-refractivity contribution in [3.8, 4) is 0 Å². The predicted octanol–water partition coefficient (Wildman–Crippen LogP) is 1.98. The standard InChI is InChI=1S/C18H29N3O2/c1-3-21(12-13-22)18(23)19-17-8-10-20(11-9-17)14-16-7-5-4-6-15(16)2/h4-7,17,22H,3,8-14H2,1-2H3,(H,19,23). The van der Waals surface area contributed by atoms with E-state index in [-0.39, 0.29) is 18.7 Å². The van der Waals surface area contributed by atoms with E-state index in [9.17, 15) is 4.79 Å². The highest BCUT2D eigenvalue weighted by atomic mass is 16.3. The molecule has 0 radical (unpaired) electrons. The van der Waals surface area contributed by atoms with E-state index in [2.05, 4.69) is 41.4 Å². The molecule has 5 nitrogen and oxygen atoms in total. The highest BCUT2D eigenvalue weighted by Gasteiger charge is 2.22. The predicted molar refractivity (Wildman–Crippen MR) is 92.3 cm³/mol. The van der Waals surface area contributed by atoms with Crippen LogP contribution >= 0.6 is 0 Å². The summed E-state index contributed by atoms with van der Waals surface area (Å²) in [6.07, 6.45) is 1.96. The van der Waals surface area contributed by atoms with E-state index in [1.165, 1.54) is 11.1 Å². The van der Waals surface area contributed by atoms with Gasteiger partial charge in [0.1, 0.15) is 0 Å². The van der Waals surface area contributed by atoms with Crippen LogP contribution in [0.2, 0.25) is 0 Å². The minimum absolute atomic E-state index is 0.0101. The number of aryl methyl sites for hydroxylation is 1. The van der Waals surface area contributed by atoms with Gasteiger partial charge in [0.2, 0.25) is 0 Å². The van der Waals surface area contributed by atoms with Gasteiger partial charge in [-0.25, -0.2) is 4.79 Å². The maximum absolute atomic E-state index is 12.1. The number of hydrogen-bond donors (Lipinski definition) is 2. The van der Waals surface area contributed by atoms with E-state index in [1.807, 2.05) is 6.92 Å². The van der Waals surface area contributed by atoms with Gasteiger partial charge in [0.25, 0.3) is 0 Å². The Balaban J connectivity index is 1.77. The molecular weight excluding hydrogens is 290 g/mol. The largest absolute Gasteiger partial charge is 0.395 e. The first-order chi connectivity index (χ1) is 11.1. The van der Waals surface area contributed by atoms with E-state index < -0.39 is 0 Å². The number of likely N-dealkylation sites (tertiary alicyclic amines) is 1. The maximum Gasteiger partial charge on any atom is 0.317 e. The molecule has 1 aliphatic heterocycles. The molecule has 2 amide bonds. The van der Waals surface area contributed by atoms with Gasteiger partial charge in [0, 0.05) is 38.8 Å². The van der Waals surface area contributed by atoms with Gasteiger partial charge < -0.3 is 15.3 Å². The van der Waals surface area contributed by atoms with Crippen molar-refractivity contribution in [2.45, 2.75) is 39.3 Å². The Morgan fingerprint density at radius 2 is 2.04 bits per heavy atom. The number of aliphatic hydroxyl groups is 1. The smallest absolute Gasteiger partial charge is 0.317 e. The van der Waals surface area contributed by atoms with E-state index >= 15 is 0 Å². The summed E-state index contributed by atoms with van der Waals surface area (Å²) in [7, 11) is 0. The van der Waals surface area contributed by atoms with Gasteiger partial charge in [-0.15, -0.1) is 0 Å². The van der Waals surface area contributed by atoms with E-state index in [4.69, 9.17) is 5.11 Å². The van der Waals surface area contributed by atoms with Gasteiger partial charge in [-0.3, -0.25) is 4.90 Å². The molecule has 0 unspecified atom stereocenters. The van der Waals surface area contributed by atoms with Crippen LogP contribution in [-0.4, -0.2) is 59.8 Å². The number of aliphatic hydroxyl groups excluding tert-OH is 1. The third-order valence-corrected chi connectivity index (χ3v) is 4.61. The van der Waals surface area contributed by atoms with Crippen molar-refractivity contribution in [2.24, 2.45) is 0 Å². The second kappa shape index (κ2) is 8.89. The summed E-state index contributed by atoms with van der Waals surface area (Å²) in [5.41, 5.74) is 2.72. The van der Waals surface area contributed by atoms with Crippen molar-refractivity contribution in [1.82, 2.24) is 15.1 Å². The molecule has 1 saturated heterocycles. The van der Waals surface area contributed by atoms with Crippen LogP contribution in [0.25, 0.3) is 0 Å². The summed E-state index contributed by atoms with van der Waals surface area (Å²) in [5.74, 6) is 0. The highest BCUT2D eigenvalue weighted by Crippen LogP contribution is 2.16. The van der Waals surface area contributed by atoms with Crippen LogP contribution in [0.5, 0.6) is 0 Å². The fraction of sp³-hybridized carbons (Fsp3) is 0.611. The summed E-state index contributed by atoms with van der Waals surface area (Å²) in [6, 6.07) is 8.70. The minimum Gasteiger partial charge on any atom is -0.395 e. The topological polar surface area (TPSA) is 55.8 Å². The highest BCUT2D eigenvalue weighted by molar-refractivity contribution is 5.74. The van der Waals surface area contributed by atoms with Gasteiger partial charge in [0.05, 0.1) is 6.61 Å². The number of piperidine rings is 1. The molecule has 0 aromatic heterocycles. The number of urea groups is 1. The third kappa shape index (κ3) is 5.22. The normalized spacial score (nSPS) is 16.3. The molecule has 0 bridgehead atoms. The van der Waals surface area contributed by atoms with Crippen molar-refractivity contribution in [3.05, 3.63) is 35.4 Å². The van der Waals surface area contributed by atoms with Gasteiger partial charge in [-0.2, -0.15) is 0 Å². The second-order valence-electron chi connectivity index (χ2n) is 6.23. The molecule has 1 aromatic rings. The summed E-state index contributed by atoms with van der Waals surface area (Å²) in [5, 5.41) is 12.1. The number of likely N-dealkylation sites (N-methyl/N-ethyl adjacent to an activating group) is 1. The van der Waals surface area contributed by atoms with Gasteiger partial charge in [-0.05, 0) is 37.8 Å². The Kier molecular flexibility index (Phi) is 6.86. The Bertz CT molecular complexity index is 499. The molecule has 1 fully saturated rings. The molecule has 2 N–H and O–H groups in total. The SMILES string of the molecule is CCN(CCO)C(=O)NC1CCN(Cc2ccccc2C)CC1. The number of carbonyl (C=O) groups is 1. The molecular formula is C18H29N3O2. The van der Waals surface area contributed by atoms with Crippen molar-refractivity contribution in [1.29, 1.82) is 0 Å². The summed E-state index contributed by atoms with van der Waals surface area (Å²) < 4.78 is 0. The van der Waals surface area contributed by atoms with Crippen molar-refractivity contribution in [3.63, 3.8) is 0 Å². The fourth-order valence-corrected chi connectivity index (χ4v) is 3.05. The fourth-order valence-electron chi connectivity index (χ4n) is 3.05. The molecule has 23 heavy (non-hydrogen) atoms. The lowest BCUT2D eigenvalue weighted by atomic mass is 10.0. The average molecular weight is 319 g/mol. The van der Waals surface area contributed by atoms with Crippen LogP contribution in [0.3, 0.4) is 0 Å². The molecule has 0 saturated carbocycles. The Hall–Kier alpha value is -1.59. The molecule has 2 rings (SSSR count). The molecule has 1 aromatic carbocycles. The van der Waals surface area contributed by atoms with E-state index in [1.54, 1.807) is 4.90 Å². The summed E-state index contributed by atoms with van der Waals surface area (Å²) in [6.45, 7) is 8.11. The Morgan fingerprint density at radius 1 is 1.35 bits per heavy atom. The lowest BCUT2D eigenvalue weighted by molar-refractivity contribution is 0.160. The number of nitrogens with one attached hydrogen (secondary N) is 1. The zero-order valence-corrected chi connectivity index (χ0v) is 14.3. The number of benzene rings is 1. The number of amides is 2. The molecule has 0 atom stereocenters. The number of carbonyl (C=O) groups excluding carboxylic acids is 1. The summed E-state index contributed by atoms with van der Waals surface area (Å²) >= 11 is 0.